The number of Topliss-reactive ketones (excluding diaryl/α,β-unsaturated/α-hetero) is 1. The van der Waals surface area contributed by atoms with E-state index >= 15 is 0 Å². The minimum atomic E-state index is -0.593. The van der Waals surface area contributed by atoms with Crippen molar-refractivity contribution >= 4 is 23.4 Å². The van der Waals surface area contributed by atoms with E-state index in [2.05, 4.69) is 15.1 Å². The number of rotatable bonds is 5. The van der Waals surface area contributed by atoms with E-state index in [9.17, 15) is 9.59 Å². The number of ketones is 1. The van der Waals surface area contributed by atoms with Gasteiger partial charge in [-0.15, -0.1) is 0 Å². The summed E-state index contributed by atoms with van der Waals surface area (Å²) in [5.41, 5.74) is 2.67. The maximum Gasteiger partial charge on any atom is 0.355 e. The number of carbonyl (C=O) groups is 2. The molecule has 1 aromatic carbocycles. The second-order valence-electron chi connectivity index (χ2n) is 5.78. The first-order valence-corrected chi connectivity index (χ1v) is 8.20. The number of aromatic amines is 1. The minimum absolute atomic E-state index is 0.111. The van der Waals surface area contributed by atoms with Crippen molar-refractivity contribution in [1.82, 2.24) is 15.1 Å². The number of ether oxygens (including phenoxy) is 1. The molecule has 2 heterocycles. The Kier molecular flexibility index (Phi) is 4.90. The zero-order valence-electron chi connectivity index (χ0n) is 14.4. The van der Waals surface area contributed by atoms with Gasteiger partial charge in [-0.1, -0.05) is 16.8 Å². The third kappa shape index (κ3) is 3.52. The molecule has 0 aliphatic carbocycles. The van der Waals surface area contributed by atoms with Crippen LogP contribution in [0.3, 0.4) is 0 Å². The van der Waals surface area contributed by atoms with Crippen molar-refractivity contribution in [1.29, 1.82) is 0 Å². The van der Waals surface area contributed by atoms with Crippen LogP contribution in [0.2, 0.25) is 5.02 Å². The van der Waals surface area contributed by atoms with Gasteiger partial charge >= 0.3 is 5.97 Å². The quantitative estimate of drug-likeness (QED) is 0.538. The molecule has 2 aromatic heterocycles. The first-order chi connectivity index (χ1) is 12.4. The predicted octanol–water partition coefficient (Wildman–Crippen LogP) is 3.89. The van der Waals surface area contributed by atoms with Gasteiger partial charge in [0.2, 0.25) is 5.82 Å². The number of nitrogens with one attached hydrogen (secondary N) is 1. The zero-order chi connectivity index (χ0) is 18.8. The number of hydrogen-bond acceptors (Lipinski definition) is 6. The van der Waals surface area contributed by atoms with Gasteiger partial charge in [-0.3, -0.25) is 4.79 Å². The molecule has 0 bridgehead atoms. The summed E-state index contributed by atoms with van der Waals surface area (Å²) < 4.78 is 10.3. The predicted molar refractivity (Wildman–Crippen MR) is 94.1 cm³/mol. The lowest BCUT2D eigenvalue weighted by Gasteiger charge is -2.01. The second kappa shape index (κ2) is 7.13. The second-order valence-corrected chi connectivity index (χ2v) is 6.21. The summed E-state index contributed by atoms with van der Waals surface area (Å²) in [4.78, 5) is 31.0. The number of carbonyl (C=O) groups excluding carboxylic acids is 2. The highest BCUT2D eigenvalue weighted by atomic mass is 35.5. The van der Waals surface area contributed by atoms with Crippen molar-refractivity contribution < 1.29 is 18.8 Å². The Balaban J connectivity index is 1.70. The fourth-order valence-corrected chi connectivity index (χ4v) is 2.84. The van der Waals surface area contributed by atoms with E-state index in [0.717, 1.165) is 5.56 Å². The number of benzene rings is 1. The maximum atomic E-state index is 12.3. The summed E-state index contributed by atoms with van der Waals surface area (Å²) in [7, 11) is 0. The van der Waals surface area contributed by atoms with Crippen molar-refractivity contribution in [2.45, 2.75) is 27.4 Å². The Morgan fingerprint density at radius 1 is 1.23 bits per heavy atom. The van der Waals surface area contributed by atoms with E-state index in [1.54, 1.807) is 38.1 Å². The molecule has 0 spiro atoms. The smallest absolute Gasteiger partial charge is 0.355 e. The molecule has 0 radical (unpaired) electrons. The van der Waals surface area contributed by atoms with Gasteiger partial charge in [0, 0.05) is 21.8 Å². The van der Waals surface area contributed by atoms with Gasteiger partial charge < -0.3 is 14.2 Å². The van der Waals surface area contributed by atoms with E-state index in [0.29, 0.717) is 27.7 Å². The van der Waals surface area contributed by atoms with Crippen LogP contribution in [0.4, 0.5) is 0 Å². The summed E-state index contributed by atoms with van der Waals surface area (Å²) in [6.45, 7) is 4.71. The minimum Gasteiger partial charge on any atom is -0.451 e. The average molecular weight is 374 g/mol. The maximum absolute atomic E-state index is 12.3. The standard InChI is InChI=1S/C18H16ClN3O4/c1-9-15(11(3)23)10(2)20-16(9)18(24)25-8-14-21-17(22-26-14)12-4-6-13(19)7-5-12/h4-7,20H,8H2,1-3H3. The molecule has 0 fully saturated rings. The normalized spacial score (nSPS) is 10.8. The number of aryl methyl sites for hydroxylation is 1. The van der Waals surface area contributed by atoms with Gasteiger partial charge in [-0.25, -0.2) is 4.79 Å². The summed E-state index contributed by atoms with van der Waals surface area (Å²) in [6.07, 6.45) is 0. The zero-order valence-corrected chi connectivity index (χ0v) is 15.2. The third-order valence-electron chi connectivity index (χ3n) is 3.89. The van der Waals surface area contributed by atoms with Gasteiger partial charge in [0.05, 0.1) is 0 Å². The molecule has 0 unspecified atom stereocenters. The summed E-state index contributed by atoms with van der Waals surface area (Å²) in [6, 6.07) is 6.96. The lowest BCUT2D eigenvalue weighted by atomic mass is 10.1. The van der Waals surface area contributed by atoms with Gasteiger partial charge in [-0.05, 0) is 50.6 Å². The Hall–Kier alpha value is -2.93. The summed E-state index contributed by atoms with van der Waals surface area (Å²) in [5.74, 6) is -0.168. The molecule has 134 valence electrons. The molecular weight excluding hydrogens is 358 g/mol. The van der Waals surface area contributed by atoms with E-state index in [1.807, 2.05) is 0 Å². The number of nitrogens with zero attached hydrogens (tertiary/aromatic N) is 2. The first-order valence-electron chi connectivity index (χ1n) is 7.82. The molecule has 7 nitrogen and oxygen atoms in total. The molecule has 8 heteroatoms. The first kappa shape index (κ1) is 17.9. The van der Waals surface area contributed by atoms with Crippen molar-refractivity contribution in [3.63, 3.8) is 0 Å². The summed E-state index contributed by atoms with van der Waals surface area (Å²) >= 11 is 5.85. The van der Waals surface area contributed by atoms with Crippen molar-refractivity contribution in [2.24, 2.45) is 0 Å². The number of H-pyrrole nitrogens is 1. The molecule has 0 aliphatic rings. The lowest BCUT2D eigenvalue weighted by molar-refractivity contribution is 0.0422. The van der Waals surface area contributed by atoms with Gasteiger partial charge in [0.15, 0.2) is 12.4 Å². The van der Waals surface area contributed by atoms with Gasteiger partial charge in [-0.2, -0.15) is 4.98 Å². The van der Waals surface area contributed by atoms with Crippen LogP contribution in [-0.4, -0.2) is 26.9 Å². The fourth-order valence-electron chi connectivity index (χ4n) is 2.71. The molecular formula is C18H16ClN3O4. The molecule has 0 amide bonds. The van der Waals surface area contributed by atoms with Crippen LogP contribution in [0.1, 0.15) is 44.9 Å². The van der Waals surface area contributed by atoms with E-state index in [4.69, 9.17) is 20.9 Å². The van der Waals surface area contributed by atoms with Crippen LogP contribution in [0, 0.1) is 13.8 Å². The molecule has 0 aliphatic heterocycles. The number of hydrogen-bond donors (Lipinski definition) is 1. The Labute approximate surface area is 154 Å². The highest BCUT2D eigenvalue weighted by Crippen LogP contribution is 2.21. The number of esters is 1. The van der Waals surface area contributed by atoms with Gasteiger partial charge in [0.1, 0.15) is 5.69 Å². The van der Waals surface area contributed by atoms with E-state index in [-0.39, 0.29) is 24.0 Å². The third-order valence-corrected chi connectivity index (χ3v) is 4.14. The van der Waals surface area contributed by atoms with Crippen LogP contribution in [-0.2, 0) is 11.3 Å². The molecule has 0 saturated carbocycles. The van der Waals surface area contributed by atoms with Crippen molar-refractivity contribution in [3.05, 3.63) is 57.7 Å². The topological polar surface area (TPSA) is 98.1 Å². The monoisotopic (exact) mass is 373 g/mol. The molecule has 3 rings (SSSR count). The fraction of sp³-hybridized carbons (Fsp3) is 0.222. The summed E-state index contributed by atoms with van der Waals surface area (Å²) in [5, 5.41) is 4.46. The molecule has 26 heavy (non-hydrogen) atoms. The molecule has 3 aromatic rings. The number of aromatic nitrogens is 3. The van der Waals surface area contributed by atoms with Crippen molar-refractivity contribution in [3.8, 4) is 11.4 Å². The van der Waals surface area contributed by atoms with Crippen LogP contribution in [0.5, 0.6) is 0 Å². The van der Waals surface area contributed by atoms with Crippen LogP contribution in [0.15, 0.2) is 28.8 Å². The molecule has 0 saturated heterocycles. The number of halogens is 1. The average Bonchev–Trinajstić information content (AvgIpc) is 3.18. The SMILES string of the molecule is CC(=O)c1c(C)[nH]c(C(=O)OCc2nc(-c3ccc(Cl)cc3)no2)c1C. The lowest BCUT2D eigenvalue weighted by Crippen LogP contribution is -2.08. The Morgan fingerprint density at radius 3 is 2.54 bits per heavy atom. The van der Waals surface area contributed by atoms with Gasteiger partial charge in [0.25, 0.3) is 5.89 Å². The highest BCUT2D eigenvalue weighted by molar-refractivity contribution is 6.30. The molecule has 0 atom stereocenters. The largest absolute Gasteiger partial charge is 0.451 e. The van der Waals surface area contributed by atoms with Crippen LogP contribution in [0.25, 0.3) is 11.4 Å². The van der Waals surface area contributed by atoms with Crippen LogP contribution >= 0.6 is 11.6 Å². The van der Waals surface area contributed by atoms with E-state index in [1.165, 1.54) is 6.92 Å². The highest BCUT2D eigenvalue weighted by Gasteiger charge is 2.21. The molecule has 1 N–H and O–H groups in total. The van der Waals surface area contributed by atoms with Crippen LogP contribution < -0.4 is 0 Å². The van der Waals surface area contributed by atoms with Crippen molar-refractivity contribution in [2.75, 3.05) is 0 Å². The Morgan fingerprint density at radius 2 is 1.92 bits per heavy atom. The van der Waals surface area contributed by atoms with E-state index < -0.39 is 5.97 Å². The Bertz CT molecular complexity index is 973.